The summed E-state index contributed by atoms with van der Waals surface area (Å²) in [5.74, 6) is 1.01. The summed E-state index contributed by atoms with van der Waals surface area (Å²) < 4.78 is 11.4. The van der Waals surface area contributed by atoms with E-state index in [9.17, 15) is 4.79 Å². The summed E-state index contributed by atoms with van der Waals surface area (Å²) in [4.78, 5) is 12.4. The average molecular weight is 479 g/mol. The predicted molar refractivity (Wildman–Crippen MR) is 144 cm³/mol. The van der Waals surface area contributed by atoms with Gasteiger partial charge in [0.05, 0.1) is 18.6 Å². The quantitative estimate of drug-likeness (QED) is 0.129. The maximum absolute atomic E-state index is 12.4. The zero-order valence-corrected chi connectivity index (χ0v) is 22.8. The van der Waals surface area contributed by atoms with Gasteiger partial charge in [-0.25, -0.2) is 0 Å². The molecule has 0 saturated heterocycles. The molecule has 0 aromatic heterocycles. The monoisotopic (exact) mass is 478 g/mol. The Morgan fingerprint density at radius 1 is 0.618 bits per heavy atom. The molecule has 0 atom stereocenters. The summed E-state index contributed by atoms with van der Waals surface area (Å²) in [5, 5.41) is 0. The second-order valence-electron chi connectivity index (χ2n) is 11.4. The molecule has 0 amide bonds. The van der Waals surface area contributed by atoms with Crippen molar-refractivity contribution in [2.75, 3.05) is 13.2 Å². The first-order chi connectivity index (χ1) is 16.8. The number of hydrogen-bond donors (Lipinski definition) is 0. The molecule has 0 aromatic rings. The normalized spacial score (nSPS) is 21.6. The van der Waals surface area contributed by atoms with Crippen LogP contribution in [0.1, 0.15) is 161 Å². The van der Waals surface area contributed by atoms with Crippen LogP contribution in [0.3, 0.4) is 0 Å². The van der Waals surface area contributed by atoms with Crippen LogP contribution in [0.15, 0.2) is 0 Å². The van der Waals surface area contributed by atoms with Gasteiger partial charge in [0, 0.05) is 0 Å². The van der Waals surface area contributed by atoms with Gasteiger partial charge >= 0.3 is 5.97 Å². The molecule has 2 rings (SSSR count). The molecule has 0 spiro atoms. The third-order valence-corrected chi connectivity index (χ3v) is 8.38. The number of hydrogen-bond acceptors (Lipinski definition) is 3. The number of carbonyl (C=O) groups excluding carboxylic acids is 1. The van der Waals surface area contributed by atoms with Gasteiger partial charge in [-0.1, -0.05) is 122 Å². The average Bonchev–Trinajstić information content (AvgIpc) is 2.87. The van der Waals surface area contributed by atoms with Crippen molar-refractivity contribution in [1.82, 2.24) is 0 Å². The van der Waals surface area contributed by atoms with Gasteiger partial charge in [0.2, 0.25) is 0 Å². The summed E-state index contributed by atoms with van der Waals surface area (Å²) in [6.45, 7) is 3.31. The molecule has 0 unspecified atom stereocenters. The molecule has 3 nitrogen and oxygen atoms in total. The van der Waals surface area contributed by atoms with E-state index < -0.39 is 0 Å². The minimum absolute atomic E-state index is 0.0298. The van der Waals surface area contributed by atoms with Crippen LogP contribution in [0.2, 0.25) is 0 Å². The van der Waals surface area contributed by atoms with Gasteiger partial charge < -0.3 is 9.47 Å². The Balaban J connectivity index is 1.33. The first kappa shape index (κ1) is 29.7. The first-order valence-electron chi connectivity index (χ1n) is 15.6. The zero-order chi connectivity index (χ0) is 24.1. The van der Waals surface area contributed by atoms with Gasteiger partial charge in [0.1, 0.15) is 6.61 Å². The molecular formula is C31H58O3. The van der Waals surface area contributed by atoms with Crippen LogP contribution in [0.25, 0.3) is 0 Å². The Kier molecular flexibility index (Phi) is 18.0. The Morgan fingerprint density at radius 3 is 1.71 bits per heavy atom. The van der Waals surface area contributed by atoms with Crippen molar-refractivity contribution in [3.8, 4) is 0 Å². The van der Waals surface area contributed by atoms with Crippen molar-refractivity contribution >= 4 is 5.97 Å². The van der Waals surface area contributed by atoms with Gasteiger partial charge in [-0.05, 0) is 44.4 Å². The Hall–Kier alpha value is -0.570. The fraction of sp³-hybridized carbons (Fsp3) is 0.968. The Bertz CT molecular complexity index is 463. The number of unbranched alkanes of at least 4 members (excludes halogenated alkanes) is 13. The van der Waals surface area contributed by atoms with Crippen molar-refractivity contribution in [1.29, 1.82) is 0 Å². The van der Waals surface area contributed by atoms with Crippen molar-refractivity contribution in [3.05, 3.63) is 0 Å². The summed E-state index contributed by atoms with van der Waals surface area (Å²) in [6.07, 6.45) is 32.6. The maximum Gasteiger partial charge on any atom is 0.309 e. The van der Waals surface area contributed by atoms with Crippen LogP contribution in [-0.4, -0.2) is 25.3 Å². The highest BCUT2D eigenvalue weighted by molar-refractivity contribution is 5.72. The molecule has 34 heavy (non-hydrogen) atoms. The van der Waals surface area contributed by atoms with E-state index in [1.165, 1.54) is 141 Å². The molecule has 2 saturated carbocycles. The predicted octanol–water partition coefficient (Wildman–Crippen LogP) is 9.56. The smallest absolute Gasteiger partial charge is 0.309 e. The van der Waals surface area contributed by atoms with Gasteiger partial charge in [-0.2, -0.15) is 0 Å². The SMILES string of the molecule is CCCCCCCCCCCCCCCCC1CCC(C(=O)OCCOC2CCCCC2)CC1. The molecule has 0 N–H and O–H groups in total. The number of carbonyl (C=O) groups is 1. The molecule has 0 aromatic carbocycles. The Labute approximate surface area is 212 Å². The Morgan fingerprint density at radius 2 is 1.15 bits per heavy atom. The molecule has 0 aliphatic heterocycles. The molecule has 3 heteroatoms. The summed E-state index contributed by atoms with van der Waals surface area (Å²) in [7, 11) is 0. The second kappa shape index (κ2) is 20.6. The standard InChI is InChI=1S/C31H58O3/c1-2-3-4-5-6-7-8-9-10-11-12-13-14-16-19-28-22-24-29(25-23-28)31(32)34-27-26-33-30-20-17-15-18-21-30/h28-30H,2-27H2,1H3. The van der Waals surface area contributed by atoms with Crippen LogP contribution < -0.4 is 0 Å². The lowest BCUT2D eigenvalue weighted by molar-refractivity contribution is -0.152. The lowest BCUT2D eigenvalue weighted by Gasteiger charge is -2.27. The minimum Gasteiger partial charge on any atom is -0.463 e. The minimum atomic E-state index is 0.0298. The summed E-state index contributed by atoms with van der Waals surface area (Å²) >= 11 is 0. The van der Waals surface area contributed by atoms with Crippen LogP contribution in [0.4, 0.5) is 0 Å². The first-order valence-corrected chi connectivity index (χ1v) is 15.6. The topological polar surface area (TPSA) is 35.5 Å². The number of rotatable bonds is 20. The van der Waals surface area contributed by atoms with Crippen molar-refractivity contribution in [2.24, 2.45) is 11.8 Å². The van der Waals surface area contributed by atoms with Crippen molar-refractivity contribution in [3.63, 3.8) is 0 Å². The van der Waals surface area contributed by atoms with Crippen molar-refractivity contribution in [2.45, 2.75) is 167 Å². The van der Waals surface area contributed by atoms with Gasteiger partial charge in [0.15, 0.2) is 0 Å². The third kappa shape index (κ3) is 14.7. The zero-order valence-electron chi connectivity index (χ0n) is 22.8. The van der Waals surface area contributed by atoms with E-state index in [-0.39, 0.29) is 11.9 Å². The molecule has 0 bridgehead atoms. The number of ether oxygens (including phenoxy) is 2. The van der Waals surface area contributed by atoms with E-state index in [1.54, 1.807) is 0 Å². The van der Waals surface area contributed by atoms with E-state index in [0.717, 1.165) is 18.8 Å². The van der Waals surface area contributed by atoms with Gasteiger partial charge in [0.25, 0.3) is 0 Å². The maximum atomic E-state index is 12.4. The highest BCUT2D eigenvalue weighted by atomic mass is 16.6. The summed E-state index contributed by atoms with van der Waals surface area (Å²) in [5.41, 5.74) is 0. The second-order valence-corrected chi connectivity index (χ2v) is 11.4. The lowest BCUT2D eigenvalue weighted by atomic mass is 9.80. The molecule has 2 aliphatic rings. The largest absolute Gasteiger partial charge is 0.463 e. The molecule has 0 radical (unpaired) electrons. The van der Waals surface area contributed by atoms with E-state index >= 15 is 0 Å². The lowest BCUT2D eigenvalue weighted by Crippen LogP contribution is -2.26. The fourth-order valence-electron chi connectivity index (χ4n) is 6.02. The molecule has 200 valence electrons. The van der Waals surface area contributed by atoms with Crippen molar-refractivity contribution < 1.29 is 14.3 Å². The molecule has 2 fully saturated rings. The summed E-state index contributed by atoms with van der Waals surface area (Å²) in [6, 6.07) is 0. The van der Waals surface area contributed by atoms with Gasteiger partial charge in [-0.15, -0.1) is 0 Å². The van der Waals surface area contributed by atoms with Crippen LogP contribution in [0.5, 0.6) is 0 Å². The highest BCUT2D eigenvalue weighted by Crippen LogP contribution is 2.33. The highest BCUT2D eigenvalue weighted by Gasteiger charge is 2.27. The van der Waals surface area contributed by atoms with E-state index in [4.69, 9.17) is 9.47 Å². The van der Waals surface area contributed by atoms with Crippen LogP contribution >= 0.6 is 0 Å². The van der Waals surface area contributed by atoms with Gasteiger partial charge in [-0.3, -0.25) is 4.79 Å². The van der Waals surface area contributed by atoms with Crippen LogP contribution in [0, 0.1) is 11.8 Å². The molecule has 2 aliphatic carbocycles. The third-order valence-electron chi connectivity index (χ3n) is 8.38. The number of esters is 1. The fourth-order valence-corrected chi connectivity index (χ4v) is 6.02. The van der Waals surface area contributed by atoms with Crippen LogP contribution in [-0.2, 0) is 14.3 Å². The van der Waals surface area contributed by atoms with E-state index in [2.05, 4.69) is 6.92 Å². The molecular weight excluding hydrogens is 420 g/mol. The molecule has 0 heterocycles. The van der Waals surface area contributed by atoms with E-state index in [1.807, 2.05) is 0 Å². The van der Waals surface area contributed by atoms with E-state index in [0.29, 0.717) is 19.3 Å².